The molecule has 0 radical (unpaired) electrons. The first-order chi connectivity index (χ1) is 8.65. The van der Waals surface area contributed by atoms with Crippen molar-refractivity contribution < 1.29 is 9.32 Å². The number of aromatic nitrogens is 2. The average Bonchev–Trinajstić information content (AvgIpc) is 2.76. The number of hydrogen-bond donors (Lipinski definition) is 1. The van der Waals surface area contributed by atoms with Crippen LogP contribution in [-0.4, -0.2) is 65.6 Å². The lowest BCUT2D eigenvalue weighted by molar-refractivity contribution is -0.131. The van der Waals surface area contributed by atoms with E-state index in [1.165, 1.54) is 0 Å². The van der Waals surface area contributed by atoms with Crippen molar-refractivity contribution in [1.29, 1.82) is 0 Å². The Morgan fingerprint density at radius 1 is 1.39 bits per heavy atom. The molecule has 0 bridgehead atoms. The number of nitrogens with one attached hydrogen (secondary N) is 1. The molecule has 0 spiro atoms. The minimum absolute atomic E-state index is 0.128. The van der Waals surface area contributed by atoms with Gasteiger partial charge >= 0.3 is 0 Å². The van der Waals surface area contributed by atoms with Gasteiger partial charge in [-0.05, 0) is 7.05 Å². The maximum atomic E-state index is 11.9. The molecule has 1 aliphatic heterocycles. The van der Waals surface area contributed by atoms with Crippen molar-refractivity contribution in [1.82, 2.24) is 25.3 Å². The summed E-state index contributed by atoms with van der Waals surface area (Å²) in [6.45, 7) is 6.00. The van der Waals surface area contributed by atoms with Gasteiger partial charge < -0.3 is 19.6 Å². The van der Waals surface area contributed by atoms with Crippen molar-refractivity contribution in [3.8, 4) is 0 Å². The quantitative estimate of drug-likeness (QED) is 0.760. The van der Waals surface area contributed by atoms with Crippen LogP contribution in [0.1, 0.15) is 11.7 Å². The molecule has 0 saturated carbocycles. The molecule has 1 aromatic rings. The Kier molecular flexibility index (Phi) is 4.27. The van der Waals surface area contributed by atoms with E-state index in [1.54, 1.807) is 6.92 Å². The van der Waals surface area contributed by atoms with Gasteiger partial charge in [0.2, 0.25) is 11.8 Å². The maximum absolute atomic E-state index is 11.9. The van der Waals surface area contributed by atoms with Crippen LogP contribution in [0.2, 0.25) is 0 Å². The van der Waals surface area contributed by atoms with Gasteiger partial charge in [-0.25, -0.2) is 0 Å². The van der Waals surface area contributed by atoms with E-state index in [9.17, 15) is 4.79 Å². The van der Waals surface area contributed by atoms with E-state index in [0.29, 0.717) is 24.8 Å². The van der Waals surface area contributed by atoms with Crippen molar-refractivity contribution >= 4 is 5.91 Å². The Morgan fingerprint density at radius 3 is 2.72 bits per heavy atom. The van der Waals surface area contributed by atoms with Crippen molar-refractivity contribution in [2.45, 2.75) is 13.5 Å². The van der Waals surface area contributed by atoms with Gasteiger partial charge in [0.15, 0.2) is 5.82 Å². The third kappa shape index (κ3) is 3.51. The van der Waals surface area contributed by atoms with Gasteiger partial charge in [-0.15, -0.1) is 0 Å². The first-order valence-electron chi connectivity index (χ1n) is 6.11. The van der Waals surface area contributed by atoms with Crippen LogP contribution >= 0.6 is 0 Å². The van der Waals surface area contributed by atoms with Gasteiger partial charge in [0, 0.05) is 33.1 Å². The second kappa shape index (κ2) is 5.92. The highest BCUT2D eigenvalue weighted by molar-refractivity contribution is 5.78. The topological polar surface area (TPSA) is 74.5 Å². The summed E-state index contributed by atoms with van der Waals surface area (Å²) in [5, 5.41) is 6.79. The summed E-state index contributed by atoms with van der Waals surface area (Å²) in [6.07, 6.45) is 0. The monoisotopic (exact) mass is 253 g/mol. The first-order valence-corrected chi connectivity index (χ1v) is 6.11. The summed E-state index contributed by atoms with van der Waals surface area (Å²) in [6, 6.07) is 0. The lowest BCUT2D eigenvalue weighted by Gasteiger charge is -2.32. The van der Waals surface area contributed by atoms with Crippen LogP contribution in [0.4, 0.5) is 0 Å². The maximum Gasteiger partial charge on any atom is 0.236 e. The summed E-state index contributed by atoms with van der Waals surface area (Å²) in [5.41, 5.74) is 0. The van der Waals surface area contributed by atoms with Crippen LogP contribution in [0.5, 0.6) is 0 Å². The third-order valence-electron chi connectivity index (χ3n) is 2.98. The lowest BCUT2D eigenvalue weighted by Crippen LogP contribution is -2.49. The van der Waals surface area contributed by atoms with Crippen LogP contribution in [0.15, 0.2) is 4.52 Å². The molecule has 2 rings (SSSR count). The van der Waals surface area contributed by atoms with Crippen LogP contribution in [0, 0.1) is 6.92 Å². The molecule has 0 unspecified atom stereocenters. The Balaban J connectivity index is 1.68. The molecule has 0 aliphatic carbocycles. The highest BCUT2D eigenvalue weighted by Gasteiger charge is 2.18. The number of nitrogens with zero attached hydrogens (tertiary/aromatic N) is 4. The van der Waals surface area contributed by atoms with Gasteiger partial charge in [-0.1, -0.05) is 5.16 Å². The Morgan fingerprint density at radius 2 is 2.11 bits per heavy atom. The van der Waals surface area contributed by atoms with Gasteiger partial charge in [-0.3, -0.25) is 4.79 Å². The molecule has 0 atom stereocenters. The smallest absolute Gasteiger partial charge is 0.236 e. The van der Waals surface area contributed by atoms with Crippen LogP contribution in [-0.2, 0) is 11.3 Å². The molecule has 1 N–H and O–H groups in total. The van der Waals surface area contributed by atoms with Crippen molar-refractivity contribution in [2.24, 2.45) is 0 Å². The molecule has 1 aromatic heterocycles. The zero-order valence-electron chi connectivity index (χ0n) is 10.8. The normalized spacial score (nSPS) is 17.1. The largest absolute Gasteiger partial charge is 0.340 e. The van der Waals surface area contributed by atoms with E-state index >= 15 is 0 Å². The molecule has 0 aromatic carbocycles. The predicted octanol–water partition coefficient (Wildman–Crippen LogP) is -0.758. The van der Waals surface area contributed by atoms with E-state index in [0.717, 1.165) is 26.2 Å². The number of likely N-dealkylation sites (N-methyl/N-ethyl adjacent to an activating group) is 1. The molecular weight excluding hydrogens is 234 g/mol. The summed E-state index contributed by atoms with van der Waals surface area (Å²) >= 11 is 0. The highest BCUT2D eigenvalue weighted by atomic mass is 16.5. The number of piperazine rings is 1. The molecular formula is C11H19N5O2. The second-order valence-electron chi connectivity index (χ2n) is 4.52. The van der Waals surface area contributed by atoms with Crippen LogP contribution < -0.4 is 5.32 Å². The van der Waals surface area contributed by atoms with Crippen LogP contribution in [0.3, 0.4) is 0 Å². The lowest BCUT2D eigenvalue weighted by atomic mass is 10.3. The molecule has 100 valence electrons. The van der Waals surface area contributed by atoms with E-state index in [-0.39, 0.29) is 5.91 Å². The third-order valence-corrected chi connectivity index (χ3v) is 2.98. The zero-order valence-corrected chi connectivity index (χ0v) is 10.8. The van der Waals surface area contributed by atoms with Crippen molar-refractivity contribution in [3.05, 3.63) is 11.7 Å². The fourth-order valence-corrected chi connectivity index (χ4v) is 1.86. The number of carbonyl (C=O) groups is 1. The summed E-state index contributed by atoms with van der Waals surface area (Å²) in [5.74, 6) is 1.25. The standard InChI is InChI=1S/C11H19N5O2/c1-9-13-10(14-18-9)7-12-8-11(17)16-5-3-15(2)4-6-16/h12H,3-8H2,1-2H3. The Bertz CT molecular complexity index is 398. The van der Waals surface area contributed by atoms with Gasteiger partial charge in [0.25, 0.3) is 0 Å². The van der Waals surface area contributed by atoms with E-state index in [1.807, 2.05) is 4.90 Å². The average molecular weight is 253 g/mol. The molecule has 18 heavy (non-hydrogen) atoms. The minimum atomic E-state index is 0.128. The van der Waals surface area contributed by atoms with E-state index in [4.69, 9.17) is 4.52 Å². The fourth-order valence-electron chi connectivity index (χ4n) is 1.86. The Hall–Kier alpha value is -1.47. The second-order valence-corrected chi connectivity index (χ2v) is 4.52. The van der Waals surface area contributed by atoms with Gasteiger partial charge in [-0.2, -0.15) is 4.98 Å². The zero-order chi connectivity index (χ0) is 13.0. The van der Waals surface area contributed by atoms with E-state index in [2.05, 4.69) is 27.4 Å². The molecule has 7 nitrogen and oxygen atoms in total. The van der Waals surface area contributed by atoms with Crippen molar-refractivity contribution in [2.75, 3.05) is 39.8 Å². The highest BCUT2D eigenvalue weighted by Crippen LogP contribution is 1.99. The van der Waals surface area contributed by atoms with E-state index < -0.39 is 0 Å². The molecule has 7 heteroatoms. The van der Waals surface area contributed by atoms with Gasteiger partial charge in [0.1, 0.15) is 0 Å². The molecule has 2 heterocycles. The minimum Gasteiger partial charge on any atom is -0.340 e. The number of rotatable bonds is 4. The summed E-state index contributed by atoms with van der Waals surface area (Å²) in [7, 11) is 2.07. The Labute approximate surface area is 106 Å². The number of amides is 1. The summed E-state index contributed by atoms with van der Waals surface area (Å²) < 4.78 is 4.85. The van der Waals surface area contributed by atoms with Gasteiger partial charge in [0.05, 0.1) is 13.1 Å². The fraction of sp³-hybridized carbons (Fsp3) is 0.727. The number of hydrogen-bond acceptors (Lipinski definition) is 6. The van der Waals surface area contributed by atoms with Crippen LogP contribution in [0.25, 0.3) is 0 Å². The first kappa shape index (κ1) is 13.0. The molecule has 1 fully saturated rings. The molecule has 1 amide bonds. The number of carbonyl (C=O) groups excluding carboxylic acids is 1. The molecule has 1 aliphatic rings. The summed E-state index contributed by atoms with van der Waals surface area (Å²) in [4.78, 5) is 20.0. The molecule has 1 saturated heterocycles. The van der Waals surface area contributed by atoms with Crippen molar-refractivity contribution in [3.63, 3.8) is 0 Å². The predicted molar refractivity (Wildman–Crippen MR) is 64.8 cm³/mol. The number of aryl methyl sites for hydroxylation is 1. The SMILES string of the molecule is Cc1nc(CNCC(=O)N2CCN(C)CC2)no1.